The van der Waals surface area contributed by atoms with E-state index in [1.54, 1.807) is 0 Å². The molecule has 28 heavy (non-hydrogen) atoms. The summed E-state index contributed by atoms with van der Waals surface area (Å²) in [5, 5.41) is 0. The lowest BCUT2D eigenvalue weighted by atomic mass is 10.1. The van der Waals surface area contributed by atoms with Crippen LogP contribution < -0.4 is 0 Å². The molecule has 0 radical (unpaired) electrons. The topological polar surface area (TPSA) is 57.5 Å². The molecule has 0 bridgehead atoms. The van der Waals surface area contributed by atoms with Gasteiger partial charge in [0.2, 0.25) is 0 Å². The third kappa shape index (κ3) is 49.9. The van der Waals surface area contributed by atoms with Crippen LogP contribution in [-0.2, 0) is 4.57 Å². The minimum absolute atomic E-state index is 1.37. The largest absolute Gasteiger partial charge is 0.692 e. The quantitative estimate of drug-likeness (QED) is 0.265. The Labute approximate surface area is 176 Å². The number of benzene rings is 1. The van der Waals surface area contributed by atoms with Gasteiger partial charge in [-0.05, 0) is 0 Å². The fourth-order valence-corrected chi connectivity index (χ4v) is 2.45. The average Bonchev–Trinajstić information content (AvgIpc) is 2.70. The Morgan fingerprint density at radius 2 is 0.607 bits per heavy atom. The van der Waals surface area contributed by atoms with Crippen molar-refractivity contribution in [2.75, 3.05) is 0 Å². The zero-order chi connectivity index (χ0) is 21.7. The molecule has 1 aromatic rings. The van der Waals surface area contributed by atoms with E-state index in [0.717, 1.165) is 0 Å². The molecule has 2 N–H and O–H groups in total. The second-order valence-corrected chi connectivity index (χ2v) is 7.45. The Morgan fingerprint density at radius 1 is 0.464 bits per heavy atom. The summed E-state index contributed by atoms with van der Waals surface area (Å²) in [6.07, 6.45) is 19.9. The van der Waals surface area contributed by atoms with Crippen LogP contribution in [0, 0.1) is 0 Å². The molecule has 0 aliphatic carbocycles. The van der Waals surface area contributed by atoms with Crippen LogP contribution in [0.1, 0.15) is 118 Å². The monoisotopic (exact) mass is 415 g/mol. The van der Waals surface area contributed by atoms with E-state index in [-0.39, 0.29) is 0 Å². The van der Waals surface area contributed by atoms with Crippen molar-refractivity contribution in [1.29, 1.82) is 0 Å². The van der Waals surface area contributed by atoms with E-state index < -0.39 is 8.25 Å². The molecule has 0 spiro atoms. The van der Waals surface area contributed by atoms with Gasteiger partial charge < -0.3 is 0 Å². The molecular formula is C24H48O3P+. The normalized spacial score (nSPS) is 9.07. The third-order valence-electron chi connectivity index (χ3n) is 4.08. The number of unbranched alkanes of at least 4 members (excludes halogenated alkanes) is 12. The molecule has 0 unspecified atom stereocenters. The Bertz CT molecular complexity index is 301. The van der Waals surface area contributed by atoms with Crippen LogP contribution in [0.5, 0.6) is 0 Å². The molecule has 166 valence electrons. The predicted molar refractivity (Wildman–Crippen MR) is 126 cm³/mol. The fraction of sp³-hybridized carbons (Fsp3) is 0.750. The maximum Gasteiger partial charge on any atom is 0.692 e. The molecule has 0 aliphatic rings. The van der Waals surface area contributed by atoms with E-state index in [4.69, 9.17) is 14.4 Å². The van der Waals surface area contributed by atoms with Gasteiger partial charge in [-0.1, -0.05) is 154 Å². The van der Waals surface area contributed by atoms with Crippen molar-refractivity contribution in [2.24, 2.45) is 0 Å². The van der Waals surface area contributed by atoms with Gasteiger partial charge in [-0.2, -0.15) is 0 Å². The smallest absolute Gasteiger partial charge is 0.134 e. The van der Waals surface area contributed by atoms with Crippen LogP contribution in [0.4, 0.5) is 0 Å². The van der Waals surface area contributed by atoms with Crippen molar-refractivity contribution in [1.82, 2.24) is 0 Å². The summed E-state index contributed by atoms with van der Waals surface area (Å²) in [6, 6.07) is 12.0. The van der Waals surface area contributed by atoms with E-state index in [1.807, 2.05) is 36.4 Å². The highest BCUT2D eigenvalue weighted by molar-refractivity contribution is 7.30. The van der Waals surface area contributed by atoms with Gasteiger partial charge in [0.25, 0.3) is 0 Å². The number of hydrogen-bond donors (Lipinski definition) is 2. The summed E-state index contributed by atoms with van der Waals surface area (Å²) in [6.45, 7) is 9.05. The van der Waals surface area contributed by atoms with E-state index in [1.165, 1.54) is 89.9 Å². The highest BCUT2D eigenvalue weighted by Gasteiger charge is 1.93. The molecule has 0 heterocycles. The standard InChI is InChI=1S/2C9H20.C6H6.HO3P/c2*1-3-5-7-9-8-6-4-2;1-2-4-6-5-3-1;1-4(2)3/h2*3-9H2,1-2H3;1-6H;(H-,1,2,3)/p+1. The lowest BCUT2D eigenvalue weighted by Gasteiger charge is -1.96. The average molecular weight is 416 g/mol. The van der Waals surface area contributed by atoms with Crippen molar-refractivity contribution < 1.29 is 14.4 Å². The van der Waals surface area contributed by atoms with Crippen molar-refractivity contribution in [2.45, 2.75) is 118 Å². The Hall–Kier alpha value is -0.760. The van der Waals surface area contributed by atoms with Gasteiger partial charge in [-0.25, -0.2) is 0 Å². The van der Waals surface area contributed by atoms with Crippen molar-refractivity contribution >= 4 is 8.25 Å². The Morgan fingerprint density at radius 3 is 0.750 bits per heavy atom. The molecule has 0 fully saturated rings. The molecule has 0 saturated heterocycles. The van der Waals surface area contributed by atoms with Gasteiger partial charge in [-0.15, -0.1) is 9.79 Å². The molecular weight excluding hydrogens is 367 g/mol. The molecule has 4 heteroatoms. The van der Waals surface area contributed by atoms with Gasteiger partial charge >= 0.3 is 8.25 Å². The van der Waals surface area contributed by atoms with Crippen LogP contribution in [0.2, 0.25) is 0 Å². The number of hydrogen-bond acceptors (Lipinski definition) is 1. The maximum atomic E-state index is 8.70. The van der Waals surface area contributed by atoms with Gasteiger partial charge in [0.15, 0.2) is 0 Å². The van der Waals surface area contributed by atoms with Crippen molar-refractivity contribution in [3.8, 4) is 0 Å². The van der Waals surface area contributed by atoms with Crippen molar-refractivity contribution in [3.05, 3.63) is 36.4 Å². The Kier molecular flexibility index (Phi) is 38.5. The number of rotatable bonds is 12. The van der Waals surface area contributed by atoms with E-state index in [2.05, 4.69) is 27.7 Å². The highest BCUT2D eigenvalue weighted by atomic mass is 31.1. The van der Waals surface area contributed by atoms with E-state index in [0.29, 0.717) is 0 Å². The SMILES string of the molecule is CCCCCCCCC.CCCCCCCCC.O=[P+](O)O.c1ccccc1. The summed E-state index contributed by atoms with van der Waals surface area (Å²) >= 11 is 0. The second kappa shape index (κ2) is 33.8. The van der Waals surface area contributed by atoms with Crippen LogP contribution in [0.3, 0.4) is 0 Å². The molecule has 0 amide bonds. The lowest BCUT2D eigenvalue weighted by Crippen LogP contribution is -1.76. The molecule has 0 saturated carbocycles. The van der Waals surface area contributed by atoms with Crippen molar-refractivity contribution in [3.63, 3.8) is 0 Å². The first kappa shape index (κ1) is 31.9. The predicted octanol–water partition coefficient (Wildman–Crippen LogP) is 8.83. The molecule has 1 aromatic carbocycles. The molecule has 0 aliphatic heterocycles. The second-order valence-electron chi connectivity index (χ2n) is 6.94. The molecule has 3 nitrogen and oxygen atoms in total. The summed E-state index contributed by atoms with van der Waals surface area (Å²) in [7, 11) is -2.87. The van der Waals surface area contributed by atoms with Crippen LogP contribution in [0.15, 0.2) is 36.4 Å². The summed E-state index contributed by atoms with van der Waals surface area (Å²) < 4.78 is 8.70. The molecule has 1 rings (SSSR count). The molecule has 0 aromatic heterocycles. The summed E-state index contributed by atoms with van der Waals surface area (Å²) in [5.74, 6) is 0. The van der Waals surface area contributed by atoms with Crippen LogP contribution in [-0.4, -0.2) is 9.79 Å². The van der Waals surface area contributed by atoms with Gasteiger partial charge in [0.1, 0.15) is 0 Å². The fourth-order valence-electron chi connectivity index (χ4n) is 2.45. The van der Waals surface area contributed by atoms with Crippen LogP contribution >= 0.6 is 8.25 Å². The summed E-state index contributed by atoms with van der Waals surface area (Å²) in [5.41, 5.74) is 0. The first-order chi connectivity index (χ1) is 13.6. The first-order valence-corrected chi connectivity index (χ1v) is 12.6. The van der Waals surface area contributed by atoms with Gasteiger partial charge in [-0.3, -0.25) is 0 Å². The highest BCUT2D eigenvalue weighted by Crippen LogP contribution is 2.06. The van der Waals surface area contributed by atoms with E-state index >= 15 is 0 Å². The maximum absolute atomic E-state index is 8.70. The minimum atomic E-state index is -2.87. The van der Waals surface area contributed by atoms with Crippen LogP contribution in [0.25, 0.3) is 0 Å². The zero-order valence-electron chi connectivity index (χ0n) is 19.1. The zero-order valence-corrected chi connectivity index (χ0v) is 20.0. The minimum Gasteiger partial charge on any atom is -0.134 e. The van der Waals surface area contributed by atoms with E-state index in [9.17, 15) is 0 Å². The van der Waals surface area contributed by atoms with Gasteiger partial charge in [0.05, 0.1) is 0 Å². The first-order valence-electron chi connectivity index (χ1n) is 11.4. The Balaban J connectivity index is -0.000000310. The summed E-state index contributed by atoms with van der Waals surface area (Å²) in [4.78, 5) is 14.2. The third-order valence-corrected chi connectivity index (χ3v) is 4.08. The van der Waals surface area contributed by atoms with Gasteiger partial charge in [0, 0.05) is 4.57 Å². The lowest BCUT2D eigenvalue weighted by molar-refractivity contribution is 0.405. The molecule has 0 atom stereocenters.